The Labute approximate surface area is 133 Å². The molecule has 3 N–H and O–H groups in total. The first-order valence-electron chi connectivity index (χ1n) is 7.62. The number of nitro benzene ring substituents is 1. The van der Waals surface area contributed by atoms with Crippen molar-refractivity contribution in [2.45, 2.75) is 31.3 Å². The van der Waals surface area contributed by atoms with E-state index in [1.807, 2.05) is 0 Å². The number of amides is 1. The van der Waals surface area contributed by atoms with Gasteiger partial charge in [-0.3, -0.25) is 14.9 Å². The Morgan fingerprint density at radius 3 is 2.78 bits per heavy atom. The van der Waals surface area contributed by atoms with Crippen LogP contribution in [0.1, 0.15) is 24.8 Å². The lowest BCUT2D eigenvalue weighted by Crippen LogP contribution is -2.42. The van der Waals surface area contributed by atoms with E-state index in [2.05, 4.69) is 10.6 Å². The van der Waals surface area contributed by atoms with E-state index >= 15 is 0 Å². The molecular weight excluding hydrogens is 302 g/mol. The summed E-state index contributed by atoms with van der Waals surface area (Å²) in [5.74, 6) is -0.0969. The highest BCUT2D eigenvalue weighted by molar-refractivity contribution is 5.95. The molecule has 8 nitrogen and oxygen atoms in total. The number of nitro groups is 1. The minimum Gasteiger partial charge on any atom is -0.388 e. The second kappa shape index (κ2) is 6.13. The first-order chi connectivity index (χ1) is 11.0. The van der Waals surface area contributed by atoms with Gasteiger partial charge >= 0.3 is 0 Å². The minimum absolute atomic E-state index is 0.0458. The van der Waals surface area contributed by atoms with E-state index in [-0.39, 0.29) is 18.1 Å². The summed E-state index contributed by atoms with van der Waals surface area (Å²) in [5.41, 5.74) is 0.664. The average molecular weight is 321 g/mol. The van der Waals surface area contributed by atoms with Crippen molar-refractivity contribution in [1.29, 1.82) is 0 Å². The summed E-state index contributed by atoms with van der Waals surface area (Å²) in [7, 11) is 0. The van der Waals surface area contributed by atoms with Crippen LogP contribution >= 0.6 is 0 Å². The molecular formula is C15H19N3O5. The van der Waals surface area contributed by atoms with Gasteiger partial charge in [-0.25, -0.2) is 0 Å². The molecule has 0 unspecified atom stereocenters. The number of nitrogens with one attached hydrogen (secondary N) is 2. The monoisotopic (exact) mass is 321 g/mol. The lowest BCUT2D eigenvalue weighted by molar-refractivity contribution is -0.384. The second-order valence-electron chi connectivity index (χ2n) is 6.02. The van der Waals surface area contributed by atoms with Crippen LogP contribution in [0.3, 0.4) is 0 Å². The smallest absolute Gasteiger partial charge is 0.292 e. The van der Waals surface area contributed by atoms with Crippen LogP contribution in [0.2, 0.25) is 0 Å². The van der Waals surface area contributed by atoms with Gasteiger partial charge in [0, 0.05) is 50.8 Å². The van der Waals surface area contributed by atoms with Crippen LogP contribution in [0.4, 0.5) is 17.1 Å². The van der Waals surface area contributed by atoms with Gasteiger partial charge in [-0.1, -0.05) is 0 Å². The van der Waals surface area contributed by atoms with Crippen molar-refractivity contribution in [3.8, 4) is 0 Å². The Morgan fingerprint density at radius 1 is 1.35 bits per heavy atom. The summed E-state index contributed by atoms with van der Waals surface area (Å²) < 4.78 is 5.22. The van der Waals surface area contributed by atoms with Gasteiger partial charge < -0.3 is 20.5 Å². The number of rotatable bonds is 4. The fourth-order valence-electron chi connectivity index (χ4n) is 2.90. The number of ether oxygens (including phenoxy) is 1. The third-order valence-electron chi connectivity index (χ3n) is 4.35. The number of carbonyl (C=O) groups is 1. The Bertz CT molecular complexity index is 640. The van der Waals surface area contributed by atoms with E-state index in [0.29, 0.717) is 50.3 Å². The zero-order chi connectivity index (χ0) is 16.4. The Kier molecular flexibility index (Phi) is 4.18. The SMILES string of the molecule is O=C1CCc2cc([N+](=O)[O-])c(NCC3(O)CCOCC3)cc2N1. The number of nitrogens with zero attached hydrogens (tertiary/aromatic N) is 1. The largest absolute Gasteiger partial charge is 0.388 e. The van der Waals surface area contributed by atoms with Crippen LogP contribution in [-0.4, -0.2) is 41.3 Å². The molecule has 0 spiro atoms. The Morgan fingerprint density at radius 2 is 2.09 bits per heavy atom. The number of aryl methyl sites for hydroxylation is 1. The first kappa shape index (κ1) is 15.7. The maximum Gasteiger partial charge on any atom is 0.292 e. The summed E-state index contributed by atoms with van der Waals surface area (Å²) in [6, 6.07) is 3.07. The van der Waals surface area contributed by atoms with Gasteiger partial charge in [0.25, 0.3) is 5.69 Å². The van der Waals surface area contributed by atoms with Crippen molar-refractivity contribution in [1.82, 2.24) is 0 Å². The molecule has 8 heteroatoms. The van der Waals surface area contributed by atoms with Crippen molar-refractivity contribution in [2.24, 2.45) is 0 Å². The molecule has 0 atom stereocenters. The summed E-state index contributed by atoms with van der Waals surface area (Å²) in [5, 5.41) is 27.5. The molecule has 1 saturated heterocycles. The quantitative estimate of drug-likeness (QED) is 0.571. The van der Waals surface area contributed by atoms with E-state index in [9.17, 15) is 20.0 Å². The molecule has 1 aromatic rings. The van der Waals surface area contributed by atoms with Crippen molar-refractivity contribution in [3.63, 3.8) is 0 Å². The van der Waals surface area contributed by atoms with Crippen molar-refractivity contribution >= 4 is 23.0 Å². The van der Waals surface area contributed by atoms with Crippen LogP contribution in [0.5, 0.6) is 0 Å². The standard InChI is InChI=1S/C15H19N3O5/c19-14-2-1-10-7-13(18(21)22)12(8-11(10)17-14)16-9-15(20)3-5-23-6-4-15/h7-8,16,20H,1-6,9H2,(H,17,19). The predicted molar refractivity (Wildman–Crippen MR) is 83.5 cm³/mol. The highest BCUT2D eigenvalue weighted by Gasteiger charge is 2.31. The van der Waals surface area contributed by atoms with E-state index in [4.69, 9.17) is 4.74 Å². The molecule has 1 fully saturated rings. The van der Waals surface area contributed by atoms with E-state index in [1.165, 1.54) is 6.07 Å². The molecule has 0 saturated carbocycles. The predicted octanol–water partition coefficient (Wildman–Crippen LogP) is 1.43. The molecule has 2 heterocycles. The van der Waals surface area contributed by atoms with E-state index in [0.717, 1.165) is 5.56 Å². The number of aliphatic hydroxyl groups is 1. The molecule has 2 aliphatic heterocycles. The highest BCUT2D eigenvalue weighted by atomic mass is 16.6. The molecule has 3 rings (SSSR count). The fourth-order valence-corrected chi connectivity index (χ4v) is 2.90. The van der Waals surface area contributed by atoms with Gasteiger partial charge in [0.15, 0.2) is 0 Å². The van der Waals surface area contributed by atoms with Gasteiger partial charge in [-0.15, -0.1) is 0 Å². The van der Waals surface area contributed by atoms with Gasteiger partial charge in [-0.2, -0.15) is 0 Å². The molecule has 0 radical (unpaired) electrons. The molecule has 2 aliphatic rings. The van der Waals surface area contributed by atoms with Crippen molar-refractivity contribution in [2.75, 3.05) is 30.4 Å². The van der Waals surface area contributed by atoms with E-state index in [1.54, 1.807) is 6.07 Å². The summed E-state index contributed by atoms with van der Waals surface area (Å²) in [6.07, 6.45) is 1.78. The van der Waals surface area contributed by atoms with Gasteiger partial charge in [0.1, 0.15) is 5.69 Å². The first-order valence-corrected chi connectivity index (χ1v) is 7.62. The van der Waals surface area contributed by atoms with Crippen LogP contribution in [0, 0.1) is 10.1 Å². The number of benzene rings is 1. The van der Waals surface area contributed by atoms with Crippen molar-refractivity contribution < 1.29 is 19.6 Å². The molecule has 0 bridgehead atoms. The van der Waals surface area contributed by atoms with Gasteiger partial charge in [0.2, 0.25) is 5.91 Å². The number of anilines is 2. The number of hydrogen-bond acceptors (Lipinski definition) is 6. The topological polar surface area (TPSA) is 114 Å². The third-order valence-corrected chi connectivity index (χ3v) is 4.35. The van der Waals surface area contributed by atoms with Crippen LogP contribution in [0.15, 0.2) is 12.1 Å². The highest BCUT2D eigenvalue weighted by Crippen LogP contribution is 2.34. The normalized spacial score (nSPS) is 19.6. The second-order valence-corrected chi connectivity index (χ2v) is 6.02. The zero-order valence-corrected chi connectivity index (χ0v) is 12.6. The number of fused-ring (bicyclic) bond motifs is 1. The Balaban J connectivity index is 1.83. The third kappa shape index (κ3) is 3.43. The summed E-state index contributed by atoms with van der Waals surface area (Å²) in [4.78, 5) is 22.3. The minimum atomic E-state index is -0.939. The van der Waals surface area contributed by atoms with Crippen LogP contribution in [0.25, 0.3) is 0 Å². The van der Waals surface area contributed by atoms with Crippen LogP contribution < -0.4 is 10.6 Å². The van der Waals surface area contributed by atoms with Gasteiger partial charge in [0.05, 0.1) is 10.5 Å². The van der Waals surface area contributed by atoms with Crippen molar-refractivity contribution in [3.05, 3.63) is 27.8 Å². The molecule has 1 aromatic carbocycles. The summed E-state index contributed by atoms with van der Waals surface area (Å²) >= 11 is 0. The number of carbonyl (C=O) groups excluding carboxylic acids is 1. The van der Waals surface area contributed by atoms with E-state index < -0.39 is 10.5 Å². The zero-order valence-electron chi connectivity index (χ0n) is 12.6. The maximum atomic E-state index is 11.5. The lowest BCUT2D eigenvalue weighted by Gasteiger charge is -2.32. The molecule has 0 aliphatic carbocycles. The summed E-state index contributed by atoms with van der Waals surface area (Å²) in [6.45, 7) is 1.14. The van der Waals surface area contributed by atoms with Crippen LogP contribution in [-0.2, 0) is 16.0 Å². The molecule has 23 heavy (non-hydrogen) atoms. The molecule has 0 aromatic heterocycles. The average Bonchev–Trinajstić information content (AvgIpc) is 2.52. The fraction of sp³-hybridized carbons (Fsp3) is 0.533. The molecule has 124 valence electrons. The number of hydrogen-bond donors (Lipinski definition) is 3. The maximum absolute atomic E-state index is 11.5. The Hall–Kier alpha value is -2.19. The molecule has 1 amide bonds. The lowest BCUT2D eigenvalue weighted by atomic mass is 9.94. The van der Waals surface area contributed by atoms with Gasteiger partial charge in [-0.05, 0) is 18.1 Å².